The Bertz CT molecular complexity index is 1360. The van der Waals surface area contributed by atoms with Crippen LogP contribution in [0.25, 0.3) is 32.4 Å². The molecular formula is C22H17N3O2S2. The Morgan fingerprint density at radius 2 is 1.86 bits per heavy atom. The van der Waals surface area contributed by atoms with Crippen molar-refractivity contribution < 1.29 is 4.42 Å². The van der Waals surface area contributed by atoms with Crippen LogP contribution in [0.1, 0.15) is 16.3 Å². The van der Waals surface area contributed by atoms with E-state index in [2.05, 4.69) is 41.2 Å². The minimum atomic E-state index is -0.108. The maximum Gasteiger partial charge on any atom is 0.260 e. The van der Waals surface area contributed by atoms with Crippen molar-refractivity contribution in [3.63, 3.8) is 0 Å². The van der Waals surface area contributed by atoms with E-state index in [1.54, 1.807) is 11.3 Å². The number of hydrogen-bond donors (Lipinski definition) is 1. The third-order valence-electron chi connectivity index (χ3n) is 4.73. The molecule has 3 aromatic heterocycles. The molecule has 0 unspecified atom stereocenters. The van der Waals surface area contributed by atoms with E-state index in [1.165, 1.54) is 17.3 Å². The zero-order valence-electron chi connectivity index (χ0n) is 15.9. The predicted octanol–water partition coefficient (Wildman–Crippen LogP) is 5.70. The molecule has 7 heteroatoms. The molecule has 5 aromatic rings. The van der Waals surface area contributed by atoms with E-state index in [0.717, 1.165) is 31.9 Å². The number of aromatic amines is 1. The maximum absolute atomic E-state index is 12.9. The highest BCUT2D eigenvalue weighted by Crippen LogP contribution is 2.36. The quantitative estimate of drug-likeness (QED) is 0.378. The lowest BCUT2D eigenvalue weighted by Crippen LogP contribution is -2.10. The average molecular weight is 420 g/mol. The number of fused-ring (bicyclic) bond motifs is 2. The lowest BCUT2D eigenvalue weighted by molar-refractivity contribution is 0.489. The third kappa shape index (κ3) is 3.36. The highest BCUT2D eigenvalue weighted by atomic mass is 32.2. The molecule has 0 saturated heterocycles. The molecule has 5 nitrogen and oxygen atoms in total. The van der Waals surface area contributed by atoms with Crippen LogP contribution in [0.4, 0.5) is 0 Å². The molecule has 0 aliphatic heterocycles. The minimum absolute atomic E-state index is 0.108. The van der Waals surface area contributed by atoms with Gasteiger partial charge in [-0.3, -0.25) is 4.79 Å². The van der Waals surface area contributed by atoms with Crippen molar-refractivity contribution in [1.82, 2.24) is 15.0 Å². The zero-order valence-corrected chi connectivity index (χ0v) is 17.5. The number of thioether (sulfide) groups is 1. The van der Waals surface area contributed by atoms with Crippen molar-refractivity contribution in [2.75, 3.05) is 0 Å². The van der Waals surface area contributed by atoms with Crippen molar-refractivity contribution >= 4 is 44.4 Å². The number of thiophene rings is 1. The predicted molar refractivity (Wildman–Crippen MR) is 119 cm³/mol. The minimum Gasteiger partial charge on any atom is -0.431 e. The number of oxazole rings is 1. The van der Waals surface area contributed by atoms with Gasteiger partial charge >= 0.3 is 0 Å². The first-order valence-corrected chi connectivity index (χ1v) is 11.0. The lowest BCUT2D eigenvalue weighted by atomic mass is 10.0. The summed E-state index contributed by atoms with van der Waals surface area (Å²) in [4.78, 5) is 26.8. The fourth-order valence-electron chi connectivity index (χ4n) is 3.34. The van der Waals surface area contributed by atoms with Gasteiger partial charge in [-0.25, -0.2) is 9.97 Å². The van der Waals surface area contributed by atoms with E-state index in [4.69, 9.17) is 9.40 Å². The van der Waals surface area contributed by atoms with Gasteiger partial charge in [0.25, 0.3) is 10.8 Å². The van der Waals surface area contributed by atoms with Crippen LogP contribution in [0.5, 0.6) is 0 Å². The molecule has 0 saturated carbocycles. The second-order valence-electron chi connectivity index (χ2n) is 6.83. The molecule has 0 atom stereocenters. The Morgan fingerprint density at radius 3 is 2.66 bits per heavy atom. The molecule has 0 spiro atoms. The van der Waals surface area contributed by atoms with E-state index >= 15 is 0 Å². The summed E-state index contributed by atoms with van der Waals surface area (Å²) in [5.41, 5.74) is 4.67. The van der Waals surface area contributed by atoms with E-state index < -0.39 is 0 Å². The molecule has 0 bridgehead atoms. The van der Waals surface area contributed by atoms with Gasteiger partial charge < -0.3 is 9.40 Å². The van der Waals surface area contributed by atoms with Crippen molar-refractivity contribution in [2.45, 2.75) is 24.8 Å². The summed E-state index contributed by atoms with van der Waals surface area (Å²) >= 11 is 2.97. The lowest BCUT2D eigenvalue weighted by Gasteiger charge is -2.03. The first-order chi connectivity index (χ1) is 14.1. The number of hydrogen-bond acceptors (Lipinski definition) is 6. The smallest absolute Gasteiger partial charge is 0.260 e. The Hall–Kier alpha value is -2.90. The summed E-state index contributed by atoms with van der Waals surface area (Å²) in [6, 6.07) is 15.9. The normalized spacial score (nSPS) is 11.5. The number of aryl methyl sites for hydroxylation is 2. The van der Waals surface area contributed by atoms with Gasteiger partial charge in [0.15, 0.2) is 5.58 Å². The van der Waals surface area contributed by atoms with Gasteiger partial charge in [0.05, 0.1) is 11.1 Å². The number of benzene rings is 2. The van der Waals surface area contributed by atoms with Crippen molar-refractivity contribution in [3.8, 4) is 11.1 Å². The number of aromatic nitrogens is 3. The first kappa shape index (κ1) is 18.1. The van der Waals surface area contributed by atoms with Crippen LogP contribution in [0, 0.1) is 13.8 Å². The number of H-pyrrole nitrogens is 1. The topological polar surface area (TPSA) is 71.8 Å². The molecule has 5 rings (SSSR count). The largest absolute Gasteiger partial charge is 0.431 e. The summed E-state index contributed by atoms with van der Waals surface area (Å²) in [6.45, 7) is 4.09. The van der Waals surface area contributed by atoms with Gasteiger partial charge in [-0.2, -0.15) is 0 Å². The molecule has 0 radical (unpaired) electrons. The molecule has 1 N–H and O–H groups in total. The molecule has 0 amide bonds. The Kier molecular flexibility index (Phi) is 4.49. The molecule has 0 aliphatic carbocycles. The third-order valence-corrected chi connectivity index (χ3v) is 6.57. The number of rotatable bonds is 4. The fourth-order valence-corrected chi connectivity index (χ4v) is 5.12. The van der Waals surface area contributed by atoms with E-state index in [9.17, 15) is 4.79 Å². The van der Waals surface area contributed by atoms with Crippen molar-refractivity contribution in [1.29, 1.82) is 0 Å². The van der Waals surface area contributed by atoms with Gasteiger partial charge in [0, 0.05) is 10.4 Å². The summed E-state index contributed by atoms with van der Waals surface area (Å²) in [7, 11) is 0. The van der Waals surface area contributed by atoms with Gasteiger partial charge in [-0.1, -0.05) is 53.7 Å². The number of nitrogens with one attached hydrogen (secondary N) is 1. The van der Waals surface area contributed by atoms with E-state index in [-0.39, 0.29) is 5.56 Å². The SMILES string of the molecule is Cc1ccc(-c2c(C)sc3nc(CSc4nc5ccccc5o4)[nH]c(=O)c23)cc1. The molecule has 2 aromatic carbocycles. The van der Waals surface area contributed by atoms with Crippen LogP contribution in [0.3, 0.4) is 0 Å². The number of nitrogens with zero attached hydrogens (tertiary/aromatic N) is 2. The molecule has 3 heterocycles. The van der Waals surface area contributed by atoms with Crippen LogP contribution in [-0.4, -0.2) is 15.0 Å². The number of para-hydroxylation sites is 2. The molecule has 29 heavy (non-hydrogen) atoms. The van der Waals surface area contributed by atoms with Crippen molar-refractivity contribution in [3.05, 3.63) is 75.1 Å². The van der Waals surface area contributed by atoms with Gasteiger partial charge in [0.2, 0.25) is 0 Å². The molecule has 144 valence electrons. The first-order valence-electron chi connectivity index (χ1n) is 9.16. The second-order valence-corrected chi connectivity index (χ2v) is 8.96. The molecule has 0 fully saturated rings. The Morgan fingerprint density at radius 1 is 1.07 bits per heavy atom. The van der Waals surface area contributed by atoms with Crippen LogP contribution >= 0.6 is 23.1 Å². The summed E-state index contributed by atoms with van der Waals surface area (Å²) in [5, 5.41) is 1.23. The Balaban J connectivity index is 1.48. The maximum atomic E-state index is 12.9. The van der Waals surface area contributed by atoms with Gasteiger partial charge in [0.1, 0.15) is 16.2 Å². The van der Waals surface area contributed by atoms with Crippen LogP contribution in [-0.2, 0) is 5.75 Å². The summed E-state index contributed by atoms with van der Waals surface area (Å²) < 4.78 is 5.73. The van der Waals surface area contributed by atoms with E-state index in [0.29, 0.717) is 22.2 Å². The van der Waals surface area contributed by atoms with Crippen LogP contribution < -0.4 is 5.56 Å². The highest BCUT2D eigenvalue weighted by molar-refractivity contribution is 7.98. The summed E-state index contributed by atoms with van der Waals surface area (Å²) in [6.07, 6.45) is 0. The monoisotopic (exact) mass is 419 g/mol. The van der Waals surface area contributed by atoms with Gasteiger partial charge in [-0.05, 0) is 31.5 Å². The average Bonchev–Trinajstić information content (AvgIpc) is 3.27. The zero-order chi connectivity index (χ0) is 20.0. The van der Waals surface area contributed by atoms with Crippen LogP contribution in [0.2, 0.25) is 0 Å². The molecule has 0 aliphatic rings. The summed E-state index contributed by atoms with van der Waals surface area (Å²) in [5.74, 6) is 1.10. The second kappa shape index (κ2) is 7.17. The van der Waals surface area contributed by atoms with Crippen LogP contribution in [0.15, 0.2) is 63.0 Å². The Labute approximate surface area is 174 Å². The fraction of sp³-hybridized carbons (Fsp3) is 0.136. The highest BCUT2D eigenvalue weighted by Gasteiger charge is 2.17. The van der Waals surface area contributed by atoms with E-state index in [1.807, 2.05) is 31.2 Å². The van der Waals surface area contributed by atoms with Gasteiger partial charge in [-0.15, -0.1) is 11.3 Å². The molecular weight excluding hydrogens is 402 g/mol. The standard InChI is InChI=1S/C22H17N3O2S2/c1-12-7-9-14(10-8-12)18-13(2)29-21-19(18)20(26)24-17(25-21)11-28-22-23-15-5-3-4-6-16(15)27-22/h3-10H,11H2,1-2H3,(H,24,25,26). The van der Waals surface area contributed by atoms with Crippen molar-refractivity contribution in [2.24, 2.45) is 0 Å².